The maximum Gasteiger partial charge on any atom is 0.404 e. The molecule has 2 rings (SSSR count). The van der Waals surface area contributed by atoms with Crippen molar-refractivity contribution < 1.29 is 21.6 Å². The van der Waals surface area contributed by atoms with Gasteiger partial charge >= 0.3 is 6.18 Å². The summed E-state index contributed by atoms with van der Waals surface area (Å²) in [4.78, 5) is 3.88. The third-order valence-corrected chi connectivity index (χ3v) is 4.02. The van der Waals surface area contributed by atoms with Crippen molar-refractivity contribution in [2.45, 2.75) is 12.7 Å². The van der Waals surface area contributed by atoms with Crippen LogP contribution >= 0.6 is 11.6 Å². The first kappa shape index (κ1) is 17.5. The van der Waals surface area contributed by atoms with Gasteiger partial charge in [-0.3, -0.25) is 0 Å². The molecule has 124 valence electrons. The summed E-state index contributed by atoms with van der Waals surface area (Å²) in [7, 11) is -4.67. The Morgan fingerprint density at radius 3 is 2.57 bits per heavy atom. The smallest absolute Gasteiger partial charge is 0.328 e. The van der Waals surface area contributed by atoms with E-state index in [-0.39, 0.29) is 12.0 Å². The van der Waals surface area contributed by atoms with Crippen LogP contribution in [0.1, 0.15) is 5.56 Å². The van der Waals surface area contributed by atoms with E-state index in [1.165, 1.54) is 29.1 Å². The van der Waals surface area contributed by atoms with Crippen molar-refractivity contribution in [2.24, 2.45) is 4.40 Å². The predicted octanol–water partition coefficient (Wildman–Crippen LogP) is 2.38. The molecular formula is C13H11ClF3N3O2S. The third kappa shape index (κ3) is 5.68. The summed E-state index contributed by atoms with van der Waals surface area (Å²) in [5.41, 5.74) is 0.585. The Balaban J connectivity index is 2.37. The van der Waals surface area contributed by atoms with E-state index in [0.29, 0.717) is 10.7 Å². The summed E-state index contributed by atoms with van der Waals surface area (Å²) in [6, 6.07) is 7.63. The molecule has 0 unspecified atom stereocenters. The standard InChI is InChI=1S/C13H11ClF3N3O2S/c14-11-5-4-10(7-18-11)8-20-6-2-1-3-12(20)19-23(21,22)9-13(15,16)17/h1-7H,8-9H2. The van der Waals surface area contributed by atoms with E-state index in [1.54, 1.807) is 18.2 Å². The number of alkyl halides is 3. The van der Waals surface area contributed by atoms with Crippen LogP contribution in [0.4, 0.5) is 13.2 Å². The highest BCUT2D eigenvalue weighted by molar-refractivity contribution is 7.90. The fourth-order valence-electron chi connectivity index (χ4n) is 1.76. The van der Waals surface area contributed by atoms with Gasteiger partial charge in [-0.1, -0.05) is 23.7 Å². The fraction of sp³-hybridized carbons (Fsp3) is 0.231. The van der Waals surface area contributed by atoms with Gasteiger partial charge in [0.05, 0.1) is 6.54 Å². The van der Waals surface area contributed by atoms with Crippen molar-refractivity contribution in [3.8, 4) is 0 Å². The summed E-state index contributed by atoms with van der Waals surface area (Å²) in [5.74, 6) is -2.00. The van der Waals surface area contributed by atoms with Crippen molar-refractivity contribution in [1.29, 1.82) is 0 Å². The van der Waals surface area contributed by atoms with Gasteiger partial charge in [0.15, 0.2) is 5.75 Å². The second-order valence-corrected chi connectivity index (χ2v) is 6.63. The minimum Gasteiger partial charge on any atom is -0.328 e. The molecule has 0 N–H and O–H groups in total. The molecule has 0 aliphatic heterocycles. The lowest BCUT2D eigenvalue weighted by atomic mass is 10.3. The van der Waals surface area contributed by atoms with E-state index < -0.39 is 22.0 Å². The van der Waals surface area contributed by atoms with Gasteiger partial charge in [0.25, 0.3) is 10.0 Å². The molecular weight excluding hydrogens is 355 g/mol. The lowest BCUT2D eigenvalue weighted by molar-refractivity contribution is -0.106. The average Bonchev–Trinajstić information content (AvgIpc) is 2.40. The summed E-state index contributed by atoms with van der Waals surface area (Å²) in [6.45, 7) is 0.186. The first-order valence-corrected chi connectivity index (χ1v) is 8.25. The Morgan fingerprint density at radius 2 is 1.96 bits per heavy atom. The Morgan fingerprint density at radius 1 is 1.22 bits per heavy atom. The second kappa shape index (κ2) is 6.71. The molecule has 0 saturated heterocycles. The Hall–Kier alpha value is -1.87. The summed E-state index contributed by atoms with van der Waals surface area (Å²) in [6.07, 6.45) is -1.85. The molecule has 0 amide bonds. The molecule has 0 spiro atoms. The van der Waals surface area contributed by atoms with Gasteiger partial charge in [-0.2, -0.15) is 13.2 Å². The number of halogens is 4. The fourth-order valence-corrected chi connectivity index (χ4v) is 2.80. The summed E-state index contributed by atoms with van der Waals surface area (Å²) >= 11 is 5.67. The van der Waals surface area contributed by atoms with E-state index in [4.69, 9.17) is 11.6 Å². The van der Waals surface area contributed by atoms with Crippen LogP contribution in [-0.2, 0) is 16.6 Å². The maximum atomic E-state index is 12.3. The molecule has 0 bridgehead atoms. The van der Waals surface area contributed by atoms with Crippen LogP contribution in [0, 0.1) is 0 Å². The summed E-state index contributed by atoms with van der Waals surface area (Å²) < 4.78 is 64.5. The van der Waals surface area contributed by atoms with Gasteiger partial charge in [-0.05, 0) is 23.8 Å². The minimum atomic E-state index is -4.85. The van der Waals surface area contributed by atoms with E-state index >= 15 is 0 Å². The highest BCUT2D eigenvalue weighted by Gasteiger charge is 2.34. The quantitative estimate of drug-likeness (QED) is 0.781. The van der Waals surface area contributed by atoms with Crippen molar-refractivity contribution >= 4 is 21.6 Å². The molecule has 0 aromatic carbocycles. The average molecular weight is 366 g/mol. The molecule has 23 heavy (non-hydrogen) atoms. The van der Waals surface area contributed by atoms with Crippen LogP contribution in [0.2, 0.25) is 5.15 Å². The molecule has 10 heteroatoms. The van der Waals surface area contributed by atoms with E-state index in [0.717, 1.165) is 0 Å². The molecule has 0 aliphatic rings. The lowest BCUT2D eigenvalue weighted by Gasteiger charge is -2.08. The van der Waals surface area contributed by atoms with Crippen LogP contribution in [0.3, 0.4) is 0 Å². The normalized spacial score (nSPS) is 13.3. The van der Waals surface area contributed by atoms with Crippen LogP contribution in [-0.4, -0.2) is 29.9 Å². The molecule has 5 nitrogen and oxygen atoms in total. The monoisotopic (exact) mass is 365 g/mol. The van der Waals surface area contributed by atoms with Crippen molar-refractivity contribution in [3.63, 3.8) is 0 Å². The number of rotatable bonds is 4. The Labute approximate surface area is 135 Å². The van der Waals surface area contributed by atoms with Gasteiger partial charge < -0.3 is 4.57 Å². The van der Waals surface area contributed by atoms with E-state index in [1.807, 2.05) is 0 Å². The molecule has 2 aromatic heterocycles. The van der Waals surface area contributed by atoms with Crippen LogP contribution in [0.25, 0.3) is 0 Å². The number of sulfonamides is 1. The molecule has 0 aliphatic carbocycles. The number of hydrogen-bond donors (Lipinski definition) is 0. The molecule has 2 heterocycles. The van der Waals surface area contributed by atoms with Gasteiger partial charge in [0.2, 0.25) is 0 Å². The van der Waals surface area contributed by atoms with E-state index in [9.17, 15) is 21.6 Å². The van der Waals surface area contributed by atoms with Gasteiger partial charge in [0.1, 0.15) is 10.6 Å². The Bertz CT molecular complexity index is 846. The zero-order valence-corrected chi connectivity index (χ0v) is 13.1. The number of hydrogen-bond acceptors (Lipinski definition) is 3. The zero-order valence-electron chi connectivity index (χ0n) is 11.5. The lowest BCUT2D eigenvalue weighted by Crippen LogP contribution is -2.26. The van der Waals surface area contributed by atoms with Gasteiger partial charge in [-0.25, -0.2) is 13.4 Å². The first-order valence-electron chi connectivity index (χ1n) is 6.26. The predicted molar refractivity (Wildman–Crippen MR) is 78.2 cm³/mol. The minimum absolute atomic E-state index is 0.105. The number of pyridine rings is 2. The molecule has 2 aromatic rings. The molecule has 0 fully saturated rings. The highest BCUT2D eigenvalue weighted by Crippen LogP contribution is 2.17. The maximum absolute atomic E-state index is 12.3. The van der Waals surface area contributed by atoms with Gasteiger partial charge in [0, 0.05) is 12.4 Å². The third-order valence-electron chi connectivity index (χ3n) is 2.64. The van der Waals surface area contributed by atoms with Crippen LogP contribution in [0.15, 0.2) is 47.1 Å². The summed E-state index contributed by atoms with van der Waals surface area (Å²) in [5, 5.41) is 0.296. The molecule has 0 atom stereocenters. The van der Waals surface area contributed by atoms with Gasteiger partial charge in [-0.15, -0.1) is 4.40 Å². The van der Waals surface area contributed by atoms with Crippen molar-refractivity contribution in [1.82, 2.24) is 9.55 Å². The zero-order chi connectivity index (χ0) is 17.1. The number of aromatic nitrogens is 2. The first-order chi connectivity index (χ1) is 10.6. The van der Waals surface area contributed by atoms with Crippen molar-refractivity contribution in [2.75, 3.05) is 5.75 Å². The largest absolute Gasteiger partial charge is 0.404 e. The SMILES string of the molecule is O=S(=O)(CC(F)(F)F)N=c1ccccn1Cc1ccc(Cl)nc1. The van der Waals surface area contributed by atoms with Crippen molar-refractivity contribution in [3.05, 3.63) is 58.9 Å². The number of nitrogens with zero attached hydrogens (tertiary/aromatic N) is 3. The molecule has 0 saturated carbocycles. The Kier molecular flexibility index (Phi) is 5.10. The highest BCUT2D eigenvalue weighted by atomic mass is 35.5. The second-order valence-electron chi connectivity index (χ2n) is 4.61. The van der Waals surface area contributed by atoms with Crippen LogP contribution in [0.5, 0.6) is 0 Å². The topological polar surface area (TPSA) is 64.3 Å². The van der Waals surface area contributed by atoms with Crippen LogP contribution < -0.4 is 5.49 Å². The molecule has 0 radical (unpaired) electrons. The van der Waals surface area contributed by atoms with E-state index in [2.05, 4.69) is 9.38 Å².